The maximum absolute atomic E-state index is 11.6. The summed E-state index contributed by atoms with van der Waals surface area (Å²) < 4.78 is 4.75. The maximum Gasteiger partial charge on any atom is 0.332 e. The van der Waals surface area contributed by atoms with Crippen molar-refractivity contribution in [3.05, 3.63) is 71.9 Å². The Morgan fingerprint density at radius 1 is 1.09 bits per heavy atom. The number of methoxy groups -OCH3 is 1. The molecule has 0 amide bonds. The summed E-state index contributed by atoms with van der Waals surface area (Å²) in [6.45, 7) is 0. The maximum atomic E-state index is 11.6. The van der Waals surface area contributed by atoms with Gasteiger partial charge in [0.15, 0.2) is 0 Å². The summed E-state index contributed by atoms with van der Waals surface area (Å²) in [4.78, 5) is 11.6. The quantitative estimate of drug-likeness (QED) is 0.655. The Morgan fingerprint density at radius 3 is 2.50 bits per heavy atom. The smallest absolute Gasteiger partial charge is 0.332 e. The Labute approximate surface area is 129 Å². The number of para-hydroxylation sites is 2. The molecule has 0 aromatic heterocycles. The fraction of sp³-hybridized carbons (Fsp3) is 0.167. The van der Waals surface area contributed by atoms with E-state index in [4.69, 9.17) is 4.74 Å². The van der Waals surface area contributed by atoms with Crippen LogP contribution >= 0.6 is 0 Å². The highest BCUT2D eigenvalue weighted by Gasteiger charge is 2.20. The number of carbonyl (C=O) groups excluding carboxylic acids is 1. The third-order valence-corrected chi connectivity index (χ3v) is 3.67. The van der Waals surface area contributed by atoms with Gasteiger partial charge in [-0.1, -0.05) is 42.5 Å². The van der Waals surface area contributed by atoms with Crippen LogP contribution in [0.3, 0.4) is 0 Å². The summed E-state index contributed by atoms with van der Waals surface area (Å²) in [5.41, 5.74) is 3.98. The van der Waals surface area contributed by atoms with Gasteiger partial charge in [-0.25, -0.2) is 4.79 Å². The lowest BCUT2D eigenvalue weighted by atomic mass is 10.0. The number of hydrogen-bond acceptors (Lipinski definition) is 4. The van der Waals surface area contributed by atoms with Crippen LogP contribution in [0.4, 0.5) is 11.4 Å². The van der Waals surface area contributed by atoms with Crippen LogP contribution in [0.25, 0.3) is 0 Å². The van der Waals surface area contributed by atoms with Gasteiger partial charge in [0, 0.05) is 18.2 Å². The highest BCUT2D eigenvalue weighted by molar-refractivity contribution is 5.84. The molecular weight excluding hydrogens is 276 g/mol. The number of rotatable bonds is 2. The molecular formula is C18H18N2O2. The summed E-state index contributed by atoms with van der Waals surface area (Å²) in [5.74, 6) is -0.353. The number of nitrogens with one attached hydrogen (secondary N) is 2. The van der Waals surface area contributed by atoms with E-state index < -0.39 is 0 Å². The second-order valence-corrected chi connectivity index (χ2v) is 5.18. The van der Waals surface area contributed by atoms with E-state index in [9.17, 15) is 4.79 Å². The average Bonchev–Trinajstić information content (AvgIpc) is 2.74. The Kier molecular flexibility index (Phi) is 4.10. The minimum Gasteiger partial charge on any atom is -0.466 e. The number of fused-ring (bicyclic) bond motifs is 1. The largest absolute Gasteiger partial charge is 0.466 e. The molecule has 0 aliphatic carbocycles. The number of ether oxygens (including phenoxy) is 1. The fourth-order valence-electron chi connectivity index (χ4n) is 2.58. The zero-order chi connectivity index (χ0) is 15.4. The third-order valence-electron chi connectivity index (χ3n) is 3.67. The van der Waals surface area contributed by atoms with Crippen LogP contribution in [0.15, 0.2) is 66.4 Å². The Balaban J connectivity index is 1.99. The molecule has 22 heavy (non-hydrogen) atoms. The highest BCUT2D eigenvalue weighted by atomic mass is 16.5. The second-order valence-electron chi connectivity index (χ2n) is 5.18. The van der Waals surface area contributed by atoms with Crippen molar-refractivity contribution in [1.29, 1.82) is 0 Å². The van der Waals surface area contributed by atoms with E-state index in [1.807, 2.05) is 42.5 Å². The average molecular weight is 294 g/mol. The summed E-state index contributed by atoms with van der Waals surface area (Å²) in [6, 6.07) is 18.3. The molecule has 1 unspecified atom stereocenters. The molecule has 2 aromatic rings. The van der Waals surface area contributed by atoms with Crippen molar-refractivity contribution >= 4 is 17.3 Å². The number of hydrogen-bond donors (Lipinski definition) is 2. The van der Waals surface area contributed by atoms with Gasteiger partial charge in [-0.2, -0.15) is 0 Å². The molecule has 0 saturated carbocycles. The summed E-state index contributed by atoms with van der Waals surface area (Å²) in [7, 11) is 1.39. The van der Waals surface area contributed by atoms with Crippen molar-refractivity contribution in [2.45, 2.75) is 12.5 Å². The molecule has 0 spiro atoms. The molecule has 112 valence electrons. The lowest BCUT2D eigenvalue weighted by Gasteiger charge is -2.18. The SMILES string of the molecule is COC(=O)/C=C1/CC(c2ccccc2)Nc2ccccc2N1. The van der Waals surface area contributed by atoms with Gasteiger partial charge in [-0.15, -0.1) is 0 Å². The standard InChI is InChI=1S/C18H18N2O2/c1-22-18(21)12-14-11-17(13-7-3-2-4-8-13)20-16-10-6-5-9-15(16)19-14/h2-10,12,17,19-20H,11H2,1H3/b14-12-. The van der Waals surface area contributed by atoms with E-state index in [0.29, 0.717) is 6.42 Å². The predicted octanol–water partition coefficient (Wildman–Crippen LogP) is 3.71. The predicted molar refractivity (Wildman–Crippen MR) is 87.6 cm³/mol. The highest BCUT2D eigenvalue weighted by Crippen LogP contribution is 2.34. The van der Waals surface area contributed by atoms with Gasteiger partial charge >= 0.3 is 5.97 Å². The van der Waals surface area contributed by atoms with Crippen LogP contribution in [0.1, 0.15) is 18.0 Å². The first-order valence-corrected chi connectivity index (χ1v) is 7.22. The fourth-order valence-corrected chi connectivity index (χ4v) is 2.58. The lowest BCUT2D eigenvalue weighted by molar-refractivity contribution is -0.134. The molecule has 0 radical (unpaired) electrons. The van der Waals surface area contributed by atoms with Crippen LogP contribution in [0.5, 0.6) is 0 Å². The number of anilines is 2. The molecule has 1 heterocycles. The Bertz CT molecular complexity index is 695. The van der Waals surface area contributed by atoms with Gasteiger partial charge in [-0.3, -0.25) is 0 Å². The molecule has 0 fully saturated rings. The molecule has 2 aromatic carbocycles. The second kappa shape index (κ2) is 6.35. The summed E-state index contributed by atoms with van der Waals surface area (Å²) in [5, 5.41) is 6.86. The Morgan fingerprint density at radius 2 is 1.77 bits per heavy atom. The molecule has 1 aliphatic rings. The van der Waals surface area contributed by atoms with Crippen molar-refractivity contribution in [3.8, 4) is 0 Å². The topological polar surface area (TPSA) is 50.4 Å². The number of carbonyl (C=O) groups is 1. The van der Waals surface area contributed by atoms with E-state index >= 15 is 0 Å². The van der Waals surface area contributed by atoms with Crippen LogP contribution in [0.2, 0.25) is 0 Å². The zero-order valence-electron chi connectivity index (χ0n) is 12.4. The first kappa shape index (κ1) is 14.2. The Hall–Kier alpha value is -2.75. The molecule has 3 rings (SSSR count). The number of esters is 1. The molecule has 4 nitrogen and oxygen atoms in total. The minimum absolute atomic E-state index is 0.0910. The first-order chi connectivity index (χ1) is 10.8. The van der Waals surface area contributed by atoms with E-state index in [-0.39, 0.29) is 12.0 Å². The molecule has 0 bridgehead atoms. The molecule has 4 heteroatoms. The number of benzene rings is 2. The van der Waals surface area contributed by atoms with Crippen molar-refractivity contribution in [2.24, 2.45) is 0 Å². The van der Waals surface area contributed by atoms with Gasteiger partial charge < -0.3 is 15.4 Å². The van der Waals surface area contributed by atoms with Crippen molar-refractivity contribution < 1.29 is 9.53 Å². The van der Waals surface area contributed by atoms with Crippen LogP contribution < -0.4 is 10.6 Å². The van der Waals surface area contributed by atoms with E-state index in [2.05, 4.69) is 22.8 Å². The van der Waals surface area contributed by atoms with Crippen LogP contribution in [-0.2, 0) is 9.53 Å². The van der Waals surface area contributed by atoms with Crippen molar-refractivity contribution in [1.82, 2.24) is 0 Å². The van der Waals surface area contributed by atoms with Gasteiger partial charge in [0.1, 0.15) is 0 Å². The minimum atomic E-state index is -0.353. The third kappa shape index (κ3) is 3.11. The molecule has 0 saturated heterocycles. The van der Waals surface area contributed by atoms with Gasteiger partial charge in [0.05, 0.1) is 24.5 Å². The molecule has 2 N–H and O–H groups in total. The lowest BCUT2D eigenvalue weighted by Crippen LogP contribution is -2.11. The van der Waals surface area contributed by atoms with Gasteiger partial charge in [0.2, 0.25) is 0 Å². The van der Waals surface area contributed by atoms with Crippen molar-refractivity contribution in [2.75, 3.05) is 17.7 Å². The normalized spacial score (nSPS) is 18.6. The molecule has 1 atom stereocenters. The van der Waals surface area contributed by atoms with E-state index in [1.165, 1.54) is 18.7 Å². The summed E-state index contributed by atoms with van der Waals surface area (Å²) in [6.07, 6.45) is 2.19. The summed E-state index contributed by atoms with van der Waals surface area (Å²) >= 11 is 0. The van der Waals surface area contributed by atoms with Crippen LogP contribution in [-0.4, -0.2) is 13.1 Å². The van der Waals surface area contributed by atoms with Crippen LogP contribution in [0, 0.1) is 0 Å². The van der Waals surface area contributed by atoms with Gasteiger partial charge in [0.25, 0.3) is 0 Å². The van der Waals surface area contributed by atoms with E-state index in [1.54, 1.807) is 0 Å². The monoisotopic (exact) mass is 294 g/mol. The molecule has 1 aliphatic heterocycles. The first-order valence-electron chi connectivity index (χ1n) is 7.22. The van der Waals surface area contributed by atoms with E-state index in [0.717, 1.165) is 17.1 Å². The zero-order valence-corrected chi connectivity index (χ0v) is 12.4. The van der Waals surface area contributed by atoms with Crippen molar-refractivity contribution in [3.63, 3.8) is 0 Å². The van der Waals surface area contributed by atoms with Gasteiger partial charge in [-0.05, 0) is 17.7 Å².